The molecule has 5 unspecified atom stereocenters. The Labute approximate surface area is 208 Å². The number of ether oxygens (including phenoxy) is 3. The van der Waals surface area contributed by atoms with Gasteiger partial charge in [0, 0.05) is 18.0 Å². The van der Waals surface area contributed by atoms with Crippen molar-refractivity contribution in [2.45, 2.75) is 75.4 Å². The second kappa shape index (κ2) is 12.6. The van der Waals surface area contributed by atoms with Gasteiger partial charge in [-0.15, -0.1) is 0 Å². The van der Waals surface area contributed by atoms with Crippen LogP contribution in [0.15, 0.2) is 6.07 Å². The minimum Gasteiger partial charge on any atom is -0.493 e. The zero-order valence-electron chi connectivity index (χ0n) is 21.4. The topological polar surface area (TPSA) is 132 Å². The molecule has 0 saturated heterocycles. The third-order valence-corrected chi connectivity index (χ3v) is 7.70. The van der Waals surface area contributed by atoms with E-state index in [2.05, 4.69) is 16.7 Å². The van der Waals surface area contributed by atoms with Crippen LogP contribution in [0, 0.1) is 5.92 Å². The number of unbranched alkanes of at least 4 members (excludes halogenated alkanes) is 1. The molecule has 35 heavy (non-hydrogen) atoms. The van der Waals surface area contributed by atoms with Gasteiger partial charge in [0.05, 0.1) is 27.4 Å². The predicted molar refractivity (Wildman–Crippen MR) is 134 cm³/mol. The van der Waals surface area contributed by atoms with E-state index in [4.69, 9.17) is 25.1 Å². The van der Waals surface area contributed by atoms with Gasteiger partial charge in [-0.05, 0) is 75.6 Å². The van der Waals surface area contributed by atoms with E-state index in [0.717, 1.165) is 37.7 Å². The molecule has 196 valence electrons. The van der Waals surface area contributed by atoms with E-state index in [9.17, 15) is 9.59 Å². The van der Waals surface area contributed by atoms with Crippen LogP contribution in [0.5, 0.6) is 17.2 Å². The molecule has 0 spiro atoms. The van der Waals surface area contributed by atoms with Crippen molar-refractivity contribution in [3.05, 3.63) is 17.2 Å². The number of carbonyl (C=O) groups is 2. The number of fused-ring (bicyclic) bond motifs is 3. The fraction of sp³-hybridized carbons (Fsp3) is 0.692. The Morgan fingerprint density at radius 1 is 1.14 bits per heavy atom. The highest BCUT2D eigenvalue weighted by molar-refractivity contribution is 5.85. The van der Waals surface area contributed by atoms with Gasteiger partial charge in [0.15, 0.2) is 11.5 Å². The molecule has 1 fully saturated rings. The lowest BCUT2D eigenvalue weighted by atomic mass is 9.78. The van der Waals surface area contributed by atoms with Crippen LogP contribution in [0.25, 0.3) is 0 Å². The average Bonchev–Trinajstić information content (AvgIpc) is 3.10. The van der Waals surface area contributed by atoms with Gasteiger partial charge in [0.2, 0.25) is 5.75 Å². The van der Waals surface area contributed by atoms with Crippen molar-refractivity contribution < 1.29 is 28.9 Å². The highest BCUT2D eigenvalue weighted by Gasteiger charge is 2.41. The summed E-state index contributed by atoms with van der Waals surface area (Å²) in [6.45, 7) is 0.665. The molecule has 0 bridgehead atoms. The highest BCUT2D eigenvalue weighted by atomic mass is 16.5. The Bertz CT molecular complexity index is 892. The summed E-state index contributed by atoms with van der Waals surface area (Å²) >= 11 is 0. The minimum absolute atomic E-state index is 0.154. The summed E-state index contributed by atoms with van der Waals surface area (Å²) in [5, 5.41) is 15.8. The van der Waals surface area contributed by atoms with Crippen molar-refractivity contribution in [3.63, 3.8) is 0 Å². The Morgan fingerprint density at radius 3 is 2.51 bits per heavy atom. The predicted octanol–water partition coefficient (Wildman–Crippen LogP) is 2.24. The second-order valence-corrected chi connectivity index (χ2v) is 9.62. The highest BCUT2D eigenvalue weighted by Crippen LogP contribution is 2.51. The van der Waals surface area contributed by atoms with E-state index >= 15 is 0 Å². The van der Waals surface area contributed by atoms with Gasteiger partial charge < -0.3 is 35.7 Å². The molecule has 0 aromatic heterocycles. The summed E-state index contributed by atoms with van der Waals surface area (Å²) < 4.78 is 17.2. The van der Waals surface area contributed by atoms with E-state index in [1.165, 1.54) is 5.56 Å². The maximum Gasteiger partial charge on any atom is 0.320 e. The molecular formula is C26H41N3O6. The second-order valence-electron chi connectivity index (χ2n) is 9.62. The molecular weight excluding hydrogens is 450 g/mol. The molecule has 9 heteroatoms. The number of carboxylic acids is 1. The van der Waals surface area contributed by atoms with Crippen LogP contribution < -0.4 is 30.6 Å². The van der Waals surface area contributed by atoms with Gasteiger partial charge in [0.1, 0.15) is 11.8 Å². The lowest BCUT2D eigenvalue weighted by Gasteiger charge is -2.31. The Balaban J connectivity index is 1.81. The number of carbonyl (C=O) groups excluding carboxylic acids is 1. The third-order valence-electron chi connectivity index (χ3n) is 7.70. The first-order valence-electron chi connectivity index (χ1n) is 12.6. The van der Waals surface area contributed by atoms with Gasteiger partial charge in [-0.1, -0.05) is 6.42 Å². The molecule has 0 aliphatic heterocycles. The lowest BCUT2D eigenvalue weighted by Crippen LogP contribution is -2.40. The smallest absolute Gasteiger partial charge is 0.320 e. The first kappa shape index (κ1) is 27.2. The summed E-state index contributed by atoms with van der Waals surface area (Å²) in [4.78, 5) is 24.2. The number of rotatable bonds is 11. The van der Waals surface area contributed by atoms with Crippen molar-refractivity contribution in [3.8, 4) is 17.2 Å². The number of aliphatic carboxylic acids is 1. The fourth-order valence-electron chi connectivity index (χ4n) is 5.85. The number of nitrogens with two attached hydrogens (primary N) is 1. The Kier molecular flexibility index (Phi) is 9.77. The minimum atomic E-state index is -0.973. The molecule has 9 nitrogen and oxygen atoms in total. The van der Waals surface area contributed by atoms with Crippen LogP contribution in [0.2, 0.25) is 0 Å². The summed E-state index contributed by atoms with van der Waals surface area (Å²) in [5.74, 6) is 1.55. The molecule has 1 aromatic carbocycles. The SMILES string of the molecule is CNC1CCc2cc(OC)c(OC)c(OC)c2C2CCC(NCCCCC(N)C(=O)O)C(=O)CC12. The zero-order valence-corrected chi connectivity index (χ0v) is 21.4. The molecule has 0 radical (unpaired) electrons. The van der Waals surface area contributed by atoms with Gasteiger partial charge in [-0.25, -0.2) is 0 Å². The summed E-state index contributed by atoms with van der Waals surface area (Å²) in [6, 6.07) is 1.25. The van der Waals surface area contributed by atoms with Gasteiger partial charge >= 0.3 is 5.97 Å². The molecule has 0 amide bonds. The third kappa shape index (κ3) is 6.08. The number of aryl methyl sites for hydroxylation is 1. The molecule has 5 atom stereocenters. The van der Waals surface area contributed by atoms with Crippen LogP contribution in [-0.4, -0.2) is 69.9 Å². The summed E-state index contributed by atoms with van der Waals surface area (Å²) in [7, 11) is 6.89. The van der Waals surface area contributed by atoms with Crippen molar-refractivity contribution in [2.75, 3.05) is 34.9 Å². The van der Waals surface area contributed by atoms with Crippen LogP contribution in [0.3, 0.4) is 0 Å². The quantitative estimate of drug-likeness (QED) is 0.344. The van der Waals surface area contributed by atoms with E-state index in [1.54, 1.807) is 21.3 Å². The fourth-order valence-corrected chi connectivity index (χ4v) is 5.85. The van der Waals surface area contributed by atoms with Gasteiger partial charge in [-0.2, -0.15) is 0 Å². The normalized spacial score (nSPS) is 25.0. The zero-order chi connectivity index (χ0) is 25.5. The molecule has 1 saturated carbocycles. The summed E-state index contributed by atoms with van der Waals surface area (Å²) in [5.41, 5.74) is 7.92. The molecule has 1 aromatic rings. The number of ketones is 1. The van der Waals surface area contributed by atoms with E-state index in [0.29, 0.717) is 43.1 Å². The number of carboxylic acid groups (broad SMARTS) is 1. The first-order chi connectivity index (χ1) is 16.9. The van der Waals surface area contributed by atoms with Crippen LogP contribution >= 0.6 is 0 Å². The van der Waals surface area contributed by atoms with Crippen LogP contribution in [0.1, 0.15) is 62.0 Å². The molecule has 5 N–H and O–H groups in total. The van der Waals surface area contributed by atoms with Crippen molar-refractivity contribution >= 4 is 11.8 Å². The van der Waals surface area contributed by atoms with Crippen LogP contribution in [-0.2, 0) is 16.0 Å². The largest absolute Gasteiger partial charge is 0.493 e. The maximum atomic E-state index is 13.3. The molecule has 2 aliphatic carbocycles. The van der Waals surface area contributed by atoms with E-state index in [1.807, 2.05) is 7.05 Å². The number of hydrogen-bond donors (Lipinski definition) is 4. The van der Waals surface area contributed by atoms with Crippen molar-refractivity contribution in [2.24, 2.45) is 11.7 Å². The summed E-state index contributed by atoms with van der Waals surface area (Å²) in [6.07, 6.45) is 5.82. The standard InChI is InChI=1S/C26H41N3O6/c1-28-19-10-8-15-13-22(33-2)24(34-3)25(35-4)23(15)16-9-11-20(21(30)14-17(16)19)29-12-6-5-7-18(27)26(31)32/h13,16-20,28-29H,5-12,14,27H2,1-4H3,(H,31,32). The average molecular weight is 492 g/mol. The lowest BCUT2D eigenvalue weighted by molar-refractivity contribution is -0.138. The van der Waals surface area contributed by atoms with Gasteiger partial charge in [0.25, 0.3) is 0 Å². The van der Waals surface area contributed by atoms with E-state index in [-0.39, 0.29) is 29.7 Å². The van der Waals surface area contributed by atoms with Crippen molar-refractivity contribution in [1.82, 2.24) is 10.6 Å². The number of nitrogens with one attached hydrogen (secondary N) is 2. The number of methoxy groups -OCH3 is 3. The molecule has 2 aliphatic rings. The molecule has 3 rings (SSSR count). The maximum absolute atomic E-state index is 13.3. The number of hydrogen-bond acceptors (Lipinski definition) is 8. The number of Topliss-reactive ketones (excluding diaryl/α,β-unsaturated/α-hetero) is 1. The molecule has 0 heterocycles. The van der Waals surface area contributed by atoms with Gasteiger partial charge in [-0.3, -0.25) is 9.59 Å². The first-order valence-corrected chi connectivity index (χ1v) is 12.6. The number of benzene rings is 1. The Hall–Kier alpha value is -2.36. The monoisotopic (exact) mass is 491 g/mol. The van der Waals surface area contributed by atoms with E-state index < -0.39 is 12.0 Å². The Morgan fingerprint density at radius 2 is 1.89 bits per heavy atom. The van der Waals surface area contributed by atoms with Crippen LogP contribution in [0.4, 0.5) is 0 Å². The van der Waals surface area contributed by atoms with Crippen molar-refractivity contribution in [1.29, 1.82) is 0 Å².